The van der Waals surface area contributed by atoms with Gasteiger partial charge in [-0.15, -0.1) is 0 Å². The van der Waals surface area contributed by atoms with Crippen molar-refractivity contribution < 1.29 is 18.0 Å². The van der Waals surface area contributed by atoms with Crippen LogP contribution in [-0.2, 0) is 11.0 Å². The molecule has 0 aliphatic carbocycles. The molecule has 0 saturated heterocycles. The van der Waals surface area contributed by atoms with Crippen molar-refractivity contribution >= 4 is 35.8 Å². The second-order valence-corrected chi connectivity index (χ2v) is 5.33. The highest BCUT2D eigenvalue weighted by molar-refractivity contribution is 7.81. The minimum absolute atomic E-state index is 0.0469. The van der Waals surface area contributed by atoms with E-state index in [1.807, 2.05) is 0 Å². The van der Waals surface area contributed by atoms with E-state index in [0.29, 0.717) is 0 Å². The predicted octanol–water partition coefficient (Wildman–Crippen LogP) is 4.25. The van der Waals surface area contributed by atoms with E-state index >= 15 is 0 Å². The Hall–Kier alpha value is -0.880. The summed E-state index contributed by atoms with van der Waals surface area (Å²) in [7, 11) is 0. The molecule has 19 heavy (non-hydrogen) atoms. The zero-order chi connectivity index (χ0) is 14.8. The van der Waals surface area contributed by atoms with Crippen molar-refractivity contribution in [3.63, 3.8) is 0 Å². The van der Waals surface area contributed by atoms with Crippen LogP contribution in [0.3, 0.4) is 0 Å². The quantitative estimate of drug-likeness (QED) is 0.803. The summed E-state index contributed by atoms with van der Waals surface area (Å²) in [6, 6.07) is 2.77. The lowest BCUT2D eigenvalue weighted by Gasteiger charge is -2.16. The first kappa shape index (κ1) is 16.2. The molecule has 1 unspecified atom stereocenters. The Bertz CT molecular complexity index is 477. The summed E-state index contributed by atoms with van der Waals surface area (Å²) in [5, 5.41) is 1.78. The van der Waals surface area contributed by atoms with Gasteiger partial charge >= 0.3 is 6.18 Å². The number of rotatable bonds is 3. The number of nitrogens with one attached hydrogen (secondary N) is 1. The molecule has 1 amide bonds. The van der Waals surface area contributed by atoms with E-state index in [0.717, 1.165) is 18.2 Å². The van der Waals surface area contributed by atoms with E-state index < -0.39 is 22.9 Å². The summed E-state index contributed by atoms with van der Waals surface area (Å²) in [6.07, 6.45) is -4.48. The molecule has 0 radical (unpaired) electrons. The summed E-state index contributed by atoms with van der Waals surface area (Å²) in [5.41, 5.74) is -0.936. The number of alkyl halides is 3. The van der Waals surface area contributed by atoms with Crippen molar-refractivity contribution in [1.82, 2.24) is 0 Å². The fourth-order valence-corrected chi connectivity index (χ4v) is 1.54. The van der Waals surface area contributed by atoms with Crippen molar-refractivity contribution in [3.05, 3.63) is 28.8 Å². The molecule has 7 heteroatoms. The number of carbonyl (C=O) groups excluding carboxylic acids is 1. The highest BCUT2D eigenvalue weighted by atomic mass is 35.5. The molecule has 1 atom stereocenters. The van der Waals surface area contributed by atoms with Gasteiger partial charge in [0, 0.05) is 0 Å². The number of hydrogen-bond donors (Lipinski definition) is 2. The Morgan fingerprint density at radius 2 is 1.95 bits per heavy atom. The molecule has 0 aromatic heterocycles. The molecule has 0 heterocycles. The molecule has 0 saturated carbocycles. The van der Waals surface area contributed by atoms with Gasteiger partial charge in [0.05, 0.1) is 21.5 Å². The fourth-order valence-electron chi connectivity index (χ4n) is 1.31. The third-order valence-electron chi connectivity index (χ3n) is 2.45. The lowest BCUT2D eigenvalue weighted by molar-refractivity contribution is -0.137. The molecule has 0 fully saturated rings. The number of anilines is 1. The lowest BCUT2D eigenvalue weighted by Crippen LogP contribution is -2.27. The highest BCUT2D eigenvalue weighted by Crippen LogP contribution is 2.34. The second-order valence-electron chi connectivity index (χ2n) is 4.37. The van der Waals surface area contributed by atoms with Gasteiger partial charge in [-0.25, -0.2) is 0 Å². The van der Waals surface area contributed by atoms with Crippen LogP contribution in [0.25, 0.3) is 0 Å². The molecule has 1 aromatic rings. The number of benzene rings is 1. The first-order valence-corrected chi connectivity index (χ1v) is 6.38. The molecule has 0 bridgehead atoms. The van der Waals surface area contributed by atoms with Crippen LogP contribution >= 0.6 is 24.2 Å². The van der Waals surface area contributed by atoms with Gasteiger partial charge in [-0.05, 0) is 24.1 Å². The topological polar surface area (TPSA) is 29.1 Å². The van der Waals surface area contributed by atoms with Gasteiger partial charge in [0.1, 0.15) is 0 Å². The highest BCUT2D eigenvalue weighted by Gasteiger charge is 2.31. The van der Waals surface area contributed by atoms with Gasteiger partial charge in [0.2, 0.25) is 5.91 Å². The van der Waals surface area contributed by atoms with Crippen molar-refractivity contribution in [2.24, 2.45) is 5.92 Å². The number of amides is 1. The predicted molar refractivity (Wildman–Crippen MR) is 72.7 cm³/mol. The molecule has 0 aliphatic heterocycles. The summed E-state index contributed by atoms with van der Waals surface area (Å²) in [6.45, 7) is 3.57. The maximum Gasteiger partial charge on any atom is 0.416 e. The minimum Gasteiger partial charge on any atom is -0.324 e. The second kappa shape index (κ2) is 6.05. The Morgan fingerprint density at radius 1 is 1.37 bits per heavy atom. The molecule has 0 spiro atoms. The van der Waals surface area contributed by atoms with Crippen LogP contribution < -0.4 is 5.32 Å². The van der Waals surface area contributed by atoms with Gasteiger partial charge in [0.25, 0.3) is 0 Å². The minimum atomic E-state index is -4.48. The van der Waals surface area contributed by atoms with E-state index in [4.69, 9.17) is 11.6 Å². The van der Waals surface area contributed by atoms with Crippen LogP contribution in [0.1, 0.15) is 19.4 Å². The van der Waals surface area contributed by atoms with Gasteiger partial charge in [-0.2, -0.15) is 25.8 Å². The molecule has 106 valence electrons. The zero-order valence-electron chi connectivity index (χ0n) is 10.3. The first-order chi connectivity index (χ1) is 8.62. The van der Waals surface area contributed by atoms with Gasteiger partial charge in [-0.3, -0.25) is 4.79 Å². The molecular formula is C12H13ClF3NOS. The first-order valence-electron chi connectivity index (χ1n) is 5.48. The Kier molecular flexibility index (Phi) is 5.15. The Labute approximate surface area is 119 Å². The van der Waals surface area contributed by atoms with E-state index in [-0.39, 0.29) is 16.6 Å². The number of thiol groups is 1. The average molecular weight is 312 g/mol. The van der Waals surface area contributed by atoms with Gasteiger partial charge < -0.3 is 5.32 Å². The molecule has 1 rings (SSSR count). The van der Waals surface area contributed by atoms with E-state index in [1.165, 1.54) is 0 Å². The summed E-state index contributed by atoms with van der Waals surface area (Å²) < 4.78 is 37.7. The largest absolute Gasteiger partial charge is 0.416 e. The van der Waals surface area contributed by atoms with Crippen molar-refractivity contribution in [1.29, 1.82) is 0 Å². The van der Waals surface area contributed by atoms with Crippen LogP contribution in [-0.4, -0.2) is 11.2 Å². The zero-order valence-corrected chi connectivity index (χ0v) is 11.9. The fraction of sp³-hybridized carbons (Fsp3) is 0.417. The molecule has 1 N–H and O–H groups in total. The molecule has 1 aromatic carbocycles. The van der Waals surface area contributed by atoms with E-state index in [1.54, 1.807) is 13.8 Å². The molecular weight excluding hydrogens is 299 g/mol. The lowest BCUT2D eigenvalue weighted by atomic mass is 10.1. The van der Waals surface area contributed by atoms with Crippen LogP contribution in [0.15, 0.2) is 18.2 Å². The Morgan fingerprint density at radius 3 is 2.42 bits per heavy atom. The third kappa shape index (κ3) is 4.31. The number of carbonyl (C=O) groups is 1. The summed E-state index contributed by atoms with van der Waals surface area (Å²) in [4.78, 5) is 11.7. The van der Waals surface area contributed by atoms with Crippen molar-refractivity contribution in [2.45, 2.75) is 25.3 Å². The summed E-state index contributed by atoms with van der Waals surface area (Å²) in [5.74, 6) is -0.535. The standard InChI is InChI=1S/C12H13ClF3NOS/c1-6(2)10(19)11(18)17-9-5-7(12(14,15)16)3-4-8(9)13/h3-6,10,19H,1-2H3,(H,17,18). The smallest absolute Gasteiger partial charge is 0.324 e. The monoisotopic (exact) mass is 311 g/mol. The molecule has 2 nitrogen and oxygen atoms in total. The SMILES string of the molecule is CC(C)C(S)C(=O)Nc1cc(C(F)(F)F)ccc1Cl. The van der Waals surface area contributed by atoms with Gasteiger partial charge in [0.15, 0.2) is 0 Å². The van der Waals surface area contributed by atoms with Gasteiger partial charge in [-0.1, -0.05) is 25.4 Å². The third-order valence-corrected chi connectivity index (χ3v) is 3.61. The van der Waals surface area contributed by atoms with Crippen molar-refractivity contribution in [2.75, 3.05) is 5.32 Å². The number of halogens is 4. The van der Waals surface area contributed by atoms with E-state index in [9.17, 15) is 18.0 Å². The maximum atomic E-state index is 12.6. The number of hydrogen-bond acceptors (Lipinski definition) is 2. The average Bonchev–Trinajstić information content (AvgIpc) is 2.29. The Balaban J connectivity index is 2.98. The normalized spacial score (nSPS) is 13.5. The summed E-state index contributed by atoms with van der Waals surface area (Å²) >= 11 is 9.86. The van der Waals surface area contributed by atoms with E-state index in [2.05, 4.69) is 17.9 Å². The maximum absolute atomic E-state index is 12.6. The van der Waals surface area contributed by atoms with Crippen LogP contribution in [0.4, 0.5) is 18.9 Å². The molecule has 0 aliphatic rings. The van der Waals surface area contributed by atoms with Crippen LogP contribution in [0, 0.1) is 5.92 Å². The van der Waals surface area contributed by atoms with Crippen molar-refractivity contribution in [3.8, 4) is 0 Å². The van der Waals surface area contributed by atoms with Crippen LogP contribution in [0.5, 0.6) is 0 Å². The van der Waals surface area contributed by atoms with Crippen LogP contribution in [0.2, 0.25) is 5.02 Å².